The van der Waals surface area contributed by atoms with Crippen LogP contribution in [0, 0.1) is 0 Å². The highest BCUT2D eigenvalue weighted by Crippen LogP contribution is 2.34. The van der Waals surface area contributed by atoms with Crippen LogP contribution in [-0.2, 0) is 6.54 Å². The highest BCUT2D eigenvalue weighted by atomic mass is 35.5. The van der Waals surface area contributed by atoms with E-state index in [1.165, 1.54) is 0 Å². The number of rotatable bonds is 8. The summed E-state index contributed by atoms with van der Waals surface area (Å²) in [7, 11) is 3.16. The molecule has 3 rings (SSSR count). The summed E-state index contributed by atoms with van der Waals surface area (Å²) < 4.78 is 21.7. The number of nitrogens with one attached hydrogen (secondary N) is 1. The van der Waals surface area contributed by atoms with Crippen LogP contribution in [-0.4, -0.2) is 30.5 Å². The van der Waals surface area contributed by atoms with Gasteiger partial charge in [0.1, 0.15) is 0 Å². The van der Waals surface area contributed by atoms with Gasteiger partial charge in [-0.05, 0) is 44.2 Å². The molecule has 0 unspecified atom stereocenters. The molecule has 0 amide bonds. The van der Waals surface area contributed by atoms with E-state index in [-0.39, 0.29) is 6.10 Å². The highest BCUT2D eigenvalue weighted by molar-refractivity contribution is 6.32. The molecule has 8 heteroatoms. The predicted octanol–water partition coefficient (Wildman–Crippen LogP) is 4.81. The van der Waals surface area contributed by atoms with Crippen LogP contribution in [0.15, 0.2) is 40.9 Å². The van der Waals surface area contributed by atoms with Crippen LogP contribution in [0.2, 0.25) is 5.02 Å². The summed E-state index contributed by atoms with van der Waals surface area (Å²) in [6.45, 7) is 4.22. The summed E-state index contributed by atoms with van der Waals surface area (Å²) >= 11 is 6.25. The maximum atomic E-state index is 6.25. The zero-order valence-corrected chi connectivity index (χ0v) is 16.9. The Kier molecular flexibility index (Phi) is 6.26. The first-order chi connectivity index (χ1) is 13.5. The smallest absolute Gasteiger partial charge is 0.246 e. The fourth-order valence-electron chi connectivity index (χ4n) is 2.59. The molecule has 0 bridgehead atoms. The fourth-order valence-corrected chi connectivity index (χ4v) is 2.81. The second-order valence-electron chi connectivity index (χ2n) is 6.22. The largest absolute Gasteiger partial charge is 0.493 e. The molecule has 0 radical (unpaired) electrons. The van der Waals surface area contributed by atoms with Crippen molar-refractivity contribution in [3.8, 4) is 28.6 Å². The van der Waals surface area contributed by atoms with Gasteiger partial charge < -0.3 is 24.1 Å². The van der Waals surface area contributed by atoms with Crippen molar-refractivity contribution in [3.63, 3.8) is 0 Å². The van der Waals surface area contributed by atoms with Crippen LogP contribution in [0.5, 0.6) is 17.2 Å². The lowest BCUT2D eigenvalue weighted by atomic mass is 10.2. The first kappa shape index (κ1) is 19.8. The third-order valence-corrected chi connectivity index (χ3v) is 4.16. The monoisotopic (exact) mass is 403 g/mol. The van der Waals surface area contributed by atoms with Crippen molar-refractivity contribution in [1.29, 1.82) is 0 Å². The first-order valence-corrected chi connectivity index (χ1v) is 9.13. The van der Waals surface area contributed by atoms with Crippen molar-refractivity contribution >= 4 is 17.3 Å². The molecule has 0 saturated carbocycles. The summed E-state index contributed by atoms with van der Waals surface area (Å²) in [5, 5.41) is 7.81. The third-order valence-electron chi connectivity index (χ3n) is 3.86. The fraction of sp³-hybridized carbons (Fsp3) is 0.300. The molecular formula is C20H22ClN3O4. The quantitative estimate of drug-likeness (QED) is 0.578. The van der Waals surface area contributed by atoms with Gasteiger partial charge in [0.05, 0.1) is 37.6 Å². The van der Waals surface area contributed by atoms with E-state index in [9.17, 15) is 0 Å². The van der Waals surface area contributed by atoms with Crippen LogP contribution in [0.1, 0.15) is 19.7 Å². The average molecular weight is 404 g/mol. The summed E-state index contributed by atoms with van der Waals surface area (Å²) in [5.74, 6) is 2.72. The Morgan fingerprint density at radius 3 is 2.61 bits per heavy atom. The van der Waals surface area contributed by atoms with Crippen LogP contribution in [0.25, 0.3) is 11.4 Å². The Bertz CT molecular complexity index is 943. The van der Waals surface area contributed by atoms with Gasteiger partial charge in [0, 0.05) is 5.56 Å². The molecule has 0 aliphatic heterocycles. The van der Waals surface area contributed by atoms with Gasteiger partial charge in [-0.15, -0.1) is 0 Å². The van der Waals surface area contributed by atoms with Gasteiger partial charge in [0.15, 0.2) is 17.2 Å². The molecule has 1 N–H and O–H groups in total. The van der Waals surface area contributed by atoms with Crippen molar-refractivity contribution in [2.75, 3.05) is 19.5 Å². The SMILES string of the molecule is COc1ccc(-c2noc(CNc3cccc(Cl)c3OC(C)C)n2)cc1OC. The number of anilines is 1. The summed E-state index contributed by atoms with van der Waals surface area (Å²) in [6, 6.07) is 11.0. The molecule has 3 aromatic rings. The molecule has 28 heavy (non-hydrogen) atoms. The minimum absolute atomic E-state index is 0.000472. The number of nitrogens with zero attached hydrogens (tertiary/aromatic N) is 2. The van der Waals surface area contributed by atoms with Gasteiger partial charge in [0.25, 0.3) is 0 Å². The van der Waals surface area contributed by atoms with Gasteiger partial charge in [-0.1, -0.05) is 22.8 Å². The maximum absolute atomic E-state index is 6.25. The number of para-hydroxylation sites is 1. The zero-order chi connectivity index (χ0) is 20.1. The molecular weight excluding hydrogens is 382 g/mol. The minimum atomic E-state index is 0.000472. The molecule has 0 spiro atoms. The van der Waals surface area contributed by atoms with E-state index >= 15 is 0 Å². The standard InChI is InChI=1S/C20H22ClN3O4/c1-12(2)27-19-14(21)6-5-7-15(19)22-11-18-23-20(24-28-18)13-8-9-16(25-3)17(10-13)26-4/h5-10,12,22H,11H2,1-4H3. The number of methoxy groups -OCH3 is 2. The Balaban J connectivity index is 1.75. The molecule has 2 aromatic carbocycles. The van der Waals surface area contributed by atoms with Gasteiger partial charge in [0.2, 0.25) is 11.7 Å². The lowest BCUT2D eigenvalue weighted by Gasteiger charge is -2.16. The predicted molar refractivity (Wildman–Crippen MR) is 107 cm³/mol. The second kappa shape index (κ2) is 8.84. The summed E-state index contributed by atoms with van der Waals surface area (Å²) in [6.07, 6.45) is 0.000472. The third kappa shape index (κ3) is 4.48. The Hall–Kier alpha value is -2.93. The second-order valence-corrected chi connectivity index (χ2v) is 6.63. The summed E-state index contributed by atoms with van der Waals surface area (Å²) in [4.78, 5) is 4.43. The van der Waals surface area contributed by atoms with Crippen LogP contribution in [0.3, 0.4) is 0 Å². The number of hydrogen-bond acceptors (Lipinski definition) is 7. The van der Waals surface area contributed by atoms with Crippen LogP contribution < -0.4 is 19.5 Å². The van der Waals surface area contributed by atoms with Crippen LogP contribution >= 0.6 is 11.6 Å². The average Bonchev–Trinajstić information content (AvgIpc) is 3.16. The van der Waals surface area contributed by atoms with Crippen molar-refractivity contribution in [1.82, 2.24) is 10.1 Å². The van der Waals surface area contributed by atoms with E-state index in [1.807, 2.05) is 32.0 Å². The van der Waals surface area contributed by atoms with E-state index in [4.69, 9.17) is 30.3 Å². The Morgan fingerprint density at radius 1 is 1.11 bits per heavy atom. The van der Waals surface area contributed by atoms with E-state index < -0.39 is 0 Å². The lowest BCUT2D eigenvalue weighted by molar-refractivity contribution is 0.243. The Morgan fingerprint density at radius 2 is 1.89 bits per heavy atom. The molecule has 0 aliphatic rings. The molecule has 0 saturated heterocycles. The number of halogens is 1. The molecule has 0 atom stereocenters. The molecule has 0 aliphatic carbocycles. The van der Waals surface area contributed by atoms with Gasteiger partial charge in [-0.3, -0.25) is 0 Å². The molecule has 1 aromatic heterocycles. The van der Waals surface area contributed by atoms with E-state index in [0.717, 1.165) is 11.3 Å². The summed E-state index contributed by atoms with van der Waals surface area (Å²) in [5.41, 5.74) is 1.52. The van der Waals surface area contributed by atoms with E-state index in [0.29, 0.717) is 40.5 Å². The number of benzene rings is 2. The topological polar surface area (TPSA) is 78.6 Å². The zero-order valence-electron chi connectivity index (χ0n) is 16.2. The number of hydrogen-bond donors (Lipinski definition) is 1. The number of ether oxygens (including phenoxy) is 3. The highest BCUT2D eigenvalue weighted by Gasteiger charge is 2.14. The van der Waals surface area contributed by atoms with Crippen molar-refractivity contribution in [2.24, 2.45) is 0 Å². The van der Waals surface area contributed by atoms with Crippen molar-refractivity contribution in [2.45, 2.75) is 26.5 Å². The minimum Gasteiger partial charge on any atom is -0.493 e. The van der Waals surface area contributed by atoms with Gasteiger partial charge in [-0.25, -0.2) is 0 Å². The number of aromatic nitrogens is 2. The maximum Gasteiger partial charge on any atom is 0.246 e. The molecule has 1 heterocycles. The van der Waals surface area contributed by atoms with Crippen LogP contribution in [0.4, 0.5) is 5.69 Å². The lowest BCUT2D eigenvalue weighted by Crippen LogP contribution is -2.09. The van der Waals surface area contributed by atoms with Gasteiger partial charge in [-0.2, -0.15) is 4.98 Å². The molecule has 7 nitrogen and oxygen atoms in total. The normalized spacial score (nSPS) is 10.8. The first-order valence-electron chi connectivity index (χ1n) is 8.75. The Labute approximate surface area is 168 Å². The van der Waals surface area contributed by atoms with E-state index in [2.05, 4.69) is 15.5 Å². The molecule has 0 fully saturated rings. The van der Waals surface area contributed by atoms with E-state index in [1.54, 1.807) is 32.4 Å². The van der Waals surface area contributed by atoms with Crippen molar-refractivity contribution < 1.29 is 18.7 Å². The van der Waals surface area contributed by atoms with Gasteiger partial charge >= 0.3 is 0 Å². The molecule has 148 valence electrons. The van der Waals surface area contributed by atoms with Crippen molar-refractivity contribution in [3.05, 3.63) is 47.3 Å².